The minimum absolute atomic E-state index is 0.318. The van der Waals surface area contributed by atoms with Crippen LogP contribution < -0.4 is 5.43 Å². The van der Waals surface area contributed by atoms with Gasteiger partial charge in [-0.1, -0.05) is 30.3 Å². The van der Waals surface area contributed by atoms with Crippen LogP contribution in [0.15, 0.2) is 65.8 Å². The number of esters is 1. The highest BCUT2D eigenvalue weighted by Crippen LogP contribution is 2.23. The fourth-order valence-corrected chi connectivity index (χ4v) is 3.03. The number of ether oxygens (including phenoxy) is 1. The quantitative estimate of drug-likeness (QED) is 0.393. The number of rotatable bonds is 6. The van der Waals surface area contributed by atoms with E-state index < -0.39 is 0 Å². The molecule has 0 saturated carbocycles. The van der Waals surface area contributed by atoms with Gasteiger partial charge in [-0.15, -0.1) is 0 Å². The summed E-state index contributed by atoms with van der Waals surface area (Å²) in [6, 6.07) is 19.3. The second kappa shape index (κ2) is 8.36. The fourth-order valence-electron chi connectivity index (χ4n) is 3.03. The summed E-state index contributed by atoms with van der Waals surface area (Å²) < 4.78 is 7.25. The summed E-state index contributed by atoms with van der Waals surface area (Å²) in [5, 5.41) is 4.33. The number of nitrogens with zero attached hydrogens (tertiary/aromatic N) is 2. The Hall–Kier alpha value is -3.34. The molecule has 1 aromatic heterocycles. The van der Waals surface area contributed by atoms with E-state index in [0.29, 0.717) is 12.2 Å². The normalized spacial score (nSPS) is 10.9. The van der Waals surface area contributed by atoms with Gasteiger partial charge in [0.05, 0.1) is 29.8 Å². The first-order valence-corrected chi connectivity index (χ1v) is 8.91. The lowest BCUT2D eigenvalue weighted by molar-refractivity contribution is 0.0526. The third-order valence-electron chi connectivity index (χ3n) is 4.28. The molecule has 0 fully saturated rings. The van der Waals surface area contributed by atoms with E-state index >= 15 is 0 Å². The van der Waals surface area contributed by atoms with Crippen LogP contribution in [0.5, 0.6) is 0 Å². The molecule has 3 rings (SSSR count). The van der Waals surface area contributed by atoms with Gasteiger partial charge in [-0.05, 0) is 51.1 Å². The molecule has 0 bridgehead atoms. The number of carbonyl (C=O) groups is 1. The molecule has 0 saturated heterocycles. The molecule has 5 heteroatoms. The van der Waals surface area contributed by atoms with Gasteiger partial charge in [0.2, 0.25) is 0 Å². The highest BCUT2D eigenvalue weighted by atomic mass is 16.5. The van der Waals surface area contributed by atoms with E-state index in [9.17, 15) is 4.79 Å². The van der Waals surface area contributed by atoms with Crippen LogP contribution in [0, 0.1) is 13.8 Å². The molecular weight excluding hydrogens is 338 g/mol. The molecule has 0 unspecified atom stereocenters. The molecule has 0 radical (unpaired) electrons. The molecule has 0 amide bonds. The number of aromatic nitrogens is 1. The number of hydrogen-bond acceptors (Lipinski definition) is 4. The monoisotopic (exact) mass is 361 g/mol. The predicted molar refractivity (Wildman–Crippen MR) is 109 cm³/mol. The predicted octanol–water partition coefficient (Wildman–Crippen LogP) is 4.72. The van der Waals surface area contributed by atoms with Crippen LogP contribution in [0.1, 0.15) is 34.2 Å². The maximum Gasteiger partial charge on any atom is 0.340 e. The van der Waals surface area contributed by atoms with Crippen LogP contribution in [-0.4, -0.2) is 23.4 Å². The second-order valence-electron chi connectivity index (χ2n) is 6.14. The zero-order valence-electron chi connectivity index (χ0n) is 15.8. The first-order valence-electron chi connectivity index (χ1n) is 8.91. The summed E-state index contributed by atoms with van der Waals surface area (Å²) in [6.07, 6.45) is 1.79. The molecule has 3 aromatic rings. The molecule has 27 heavy (non-hydrogen) atoms. The minimum Gasteiger partial charge on any atom is -0.462 e. The van der Waals surface area contributed by atoms with Gasteiger partial charge >= 0.3 is 5.97 Å². The highest BCUT2D eigenvalue weighted by molar-refractivity contribution is 5.94. The standard InChI is InChI=1S/C22H23N3O2/c1-4-27-22(26)20-12-8-9-13-21(20)25-16(2)14-18(17(25)3)15-23-24-19-10-6-5-7-11-19/h5-15,24H,4H2,1-3H3/b23-15-. The first-order chi connectivity index (χ1) is 13.1. The van der Waals surface area contributed by atoms with Gasteiger partial charge in [-0.3, -0.25) is 5.43 Å². The van der Waals surface area contributed by atoms with E-state index in [-0.39, 0.29) is 5.97 Å². The van der Waals surface area contributed by atoms with Crippen molar-refractivity contribution in [2.75, 3.05) is 12.0 Å². The lowest BCUT2D eigenvalue weighted by Gasteiger charge is -2.14. The number of hydrogen-bond donors (Lipinski definition) is 1. The molecule has 1 N–H and O–H groups in total. The maximum absolute atomic E-state index is 12.3. The summed E-state index contributed by atoms with van der Waals surface area (Å²) in [4.78, 5) is 12.3. The molecule has 2 aromatic carbocycles. The van der Waals surface area contributed by atoms with Crippen molar-refractivity contribution in [2.24, 2.45) is 5.10 Å². The molecule has 0 aliphatic heterocycles. The molecule has 138 valence electrons. The van der Waals surface area contributed by atoms with E-state index in [1.54, 1.807) is 19.2 Å². The number of nitrogens with one attached hydrogen (secondary N) is 1. The van der Waals surface area contributed by atoms with Crippen molar-refractivity contribution in [3.8, 4) is 5.69 Å². The number of para-hydroxylation sites is 2. The average molecular weight is 361 g/mol. The van der Waals surface area contributed by atoms with E-state index in [0.717, 1.165) is 28.3 Å². The van der Waals surface area contributed by atoms with Gasteiger partial charge in [0, 0.05) is 17.0 Å². The molecule has 0 aliphatic rings. The van der Waals surface area contributed by atoms with Crippen LogP contribution in [0.2, 0.25) is 0 Å². The SMILES string of the molecule is CCOC(=O)c1ccccc1-n1c(C)cc(/C=N\Nc2ccccc2)c1C. The van der Waals surface area contributed by atoms with Gasteiger partial charge in [0.1, 0.15) is 0 Å². The summed E-state index contributed by atoms with van der Waals surface area (Å²) in [5.74, 6) is -0.318. The molecule has 1 heterocycles. The zero-order chi connectivity index (χ0) is 19.2. The Labute approximate surface area is 159 Å². The Kier molecular flexibility index (Phi) is 5.71. The Balaban J connectivity index is 1.92. The van der Waals surface area contributed by atoms with Gasteiger partial charge in [-0.25, -0.2) is 4.79 Å². The van der Waals surface area contributed by atoms with E-state index in [1.807, 2.05) is 68.4 Å². The lowest BCUT2D eigenvalue weighted by Crippen LogP contribution is -2.11. The second-order valence-corrected chi connectivity index (χ2v) is 6.14. The smallest absolute Gasteiger partial charge is 0.340 e. The summed E-state index contributed by atoms with van der Waals surface area (Å²) in [6.45, 7) is 6.18. The van der Waals surface area contributed by atoms with Crippen LogP contribution in [0.3, 0.4) is 0 Å². The topological polar surface area (TPSA) is 55.6 Å². The van der Waals surface area contributed by atoms with Crippen LogP contribution in [0.4, 0.5) is 5.69 Å². The van der Waals surface area contributed by atoms with Gasteiger partial charge in [0.25, 0.3) is 0 Å². The van der Waals surface area contributed by atoms with Gasteiger partial charge < -0.3 is 9.30 Å². The zero-order valence-corrected chi connectivity index (χ0v) is 15.8. The van der Waals surface area contributed by atoms with Crippen molar-refractivity contribution in [1.29, 1.82) is 0 Å². The summed E-state index contributed by atoms with van der Waals surface area (Å²) in [5.41, 5.74) is 8.31. The molecule has 0 spiro atoms. The average Bonchev–Trinajstić information content (AvgIpc) is 2.96. The number of aryl methyl sites for hydroxylation is 1. The van der Waals surface area contributed by atoms with E-state index in [4.69, 9.17) is 4.74 Å². The van der Waals surface area contributed by atoms with Gasteiger partial charge in [-0.2, -0.15) is 5.10 Å². The van der Waals surface area contributed by atoms with Crippen LogP contribution in [-0.2, 0) is 4.74 Å². The van der Waals surface area contributed by atoms with Crippen molar-refractivity contribution >= 4 is 17.9 Å². The van der Waals surface area contributed by atoms with Crippen molar-refractivity contribution in [1.82, 2.24) is 4.57 Å². The molecular formula is C22H23N3O2. The van der Waals surface area contributed by atoms with Crippen molar-refractivity contribution < 1.29 is 9.53 Å². The lowest BCUT2D eigenvalue weighted by atomic mass is 10.1. The summed E-state index contributed by atoms with van der Waals surface area (Å²) >= 11 is 0. The van der Waals surface area contributed by atoms with Crippen molar-refractivity contribution in [2.45, 2.75) is 20.8 Å². The van der Waals surface area contributed by atoms with Crippen molar-refractivity contribution in [3.63, 3.8) is 0 Å². The number of carbonyl (C=O) groups excluding carboxylic acids is 1. The summed E-state index contributed by atoms with van der Waals surface area (Å²) in [7, 11) is 0. The largest absolute Gasteiger partial charge is 0.462 e. The first kappa shape index (κ1) is 18.5. The molecule has 0 aliphatic carbocycles. The Morgan fingerprint density at radius 1 is 1.11 bits per heavy atom. The number of benzene rings is 2. The fraction of sp³-hybridized carbons (Fsp3) is 0.182. The molecule has 5 nitrogen and oxygen atoms in total. The third kappa shape index (κ3) is 4.08. The molecule has 0 atom stereocenters. The minimum atomic E-state index is -0.318. The number of hydrazone groups is 1. The Morgan fingerprint density at radius 3 is 2.56 bits per heavy atom. The van der Waals surface area contributed by atoms with Crippen LogP contribution in [0.25, 0.3) is 5.69 Å². The van der Waals surface area contributed by atoms with E-state index in [2.05, 4.69) is 15.1 Å². The Bertz CT molecular complexity index is 959. The highest BCUT2D eigenvalue weighted by Gasteiger charge is 2.17. The Morgan fingerprint density at radius 2 is 1.81 bits per heavy atom. The van der Waals surface area contributed by atoms with Crippen molar-refractivity contribution in [3.05, 3.63) is 83.2 Å². The number of anilines is 1. The maximum atomic E-state index is 12.3. The van der Waals surface area contributed by atoms with Crippen LogP contribution >= 0.6 is 0 Å². The van der Waals surface area contributed by atoms with E-state index in [1.165, 1.54) is 0 Å². The van der Waals surface area contributed by atoms with Gasteiger partial charge in [0.15, 0.2) is 0 Å². The third-order valence-corrected chi connectivity index (χ3v) is 4.28.